The van der Waals surface area contributed by atoms with Crippen LogP contribution in [0.3, 0.4) is 0 Å². The largest absolute Gasteiger partial charge is 0.380 e. The van der Waals surface area contributed by atoms with E-state index in [1.54, 1.807) is 0 Å². The Kier molecular flexibility index (Phi) is 2.95. The molecular formula is C12H22N2O. The minimum Gasteiger partial charge on any atom is -0.380 e. The van der Waals surface area contributed by atoms with Gasteiger partial charge in [0.25, 0.3) is 0 Å². The average Bonchev–Trinajstić information content (AvgIpc) is 3.07. The molecule has 0 radical (unpaired) electrons. The molecule has 3 aliphatic rings. The molecule has 3 fully saturated rings. The number of piperidine rings is 1. The van der Waals surface area contributed by atoms with Crippen LogP contribution in [0.25, 0.3) is 0 Å². The predicted octanol–water partition coefficient (Wildman–Crippen LogP) is 0.707. The van der Waals surface area contributed by atoms with Crippen LogP contribution in [0.1, 0.15) is 19.3 Å². The minimum atomic E-state index is 0.736. The maximum absolute atomic E-state index is 5.71. The maximum atomic E-state index is 5.71. The number of fused-ring (bicyclic) bond motifs is 1. The minimum absolute atomic E-state index is 0.736. The van der Waals surface area contributed by atoms with E-state index in [0.29, 0.717) is 0 Å². The SMILES string of the molecule is C1CC2C(CN1)COCCN2CC1CC1. The van der Waals surface area contributed by atoms with Gasteiger partial charge in [0.05, 0.1) is 13.2 Å². The number of hydrogen-bond acceptors (Lipinski definition) is 3. The van der Waals surface area contributed by atoms with Crippen LogP contribution in [0.5, 0.6) is 0 Å². The van der Waals surface area contributed by atoms with Crippen molar-refractivity contribution >= 4 is 0 Å². The van der Waals surface area contributed by atoms with E-state index in [1.807, 2.05) is 0 Å². The smallest absolute Gasteiger partial charge is 0.0593 e. The Morgan fingerprint density at radius 2 is 2.20 bits per heavy atom. The van der Waals surface area contributed by atoms with Crippen LogP contribution < -0.4 is 5.32 Å². The molecule has 0 aromatic rings. The van der Waals surface area contributed by atoms with Gasteiger partial charge in [0.1, 0.15) is 0 Å². The van der Waals surface area contributed by atoms with E-state index in [0.717, 1.165) is 44.2 Å². The molecule has 15 heavy (non-hydrogen) atoms. The summed E-state index contributed by atoms with van der Waals surface area (Å²) < 4.78 is 5.71. The first-order chi connectivity index (χ1) is 7.43. The molecule has 2 atom stereocenters. The molecule has 0 spiro atoms. The van der Waals surface area contributed by atoms with Crippen LogP contribution in [0.2, 0.25) is 0 Å². The Morgan fingerprint density at radius 1 is 1.27 bits per heavy atom. The van der Waals surface area contributed by atoms with Gasteiger partial charge in [0.2, 0.25) is 0 Å². The summed E-state index contributed by atoms with van der Waals surface area (Å²) in [6.07, 6.45) is 4.25. The monoisotopic (exact) mass is 210 g/mol. The highest BCUT2D eigenvalue weighted by Crippen LogP contribution is 2.32. The highest BCUT2D eigenvalue weighted by Gasteiger charge is 2.35. The summed E-state index contributed by atoms with van der Waals surface area (Å²) in [4.78, 5) is 2.72. The third-order valence-corrected chi connectivity index (χ3v) is 4.08. The van der Waals surface area contributed by atoms with E-state index < -0.39 is 0 Å². The summed E-state index contributed by atoms with van der Waals surface area (Å²) >= 11 is 0. The molecule has 2 saturated heterocycles. The lowest BCUT2D eigenvalue weighted by Crippen LogP contribution is -2.50. The normalized spacial score (nSPS) is 38.4. The molecule has 0 bridgehead atoms. The van der Waals surface area contributed by atoms with E-state index in [1.165, 1.54) is 32.4 Å². The van der Waals surface area contributed by atoms with Gasteiger partial charge < -0.3 is 10.1 Å². The highest BCUT2D eigenvalue weighted by atomic mass is 16.5. The van der Waals surface area contributed by atoms with E-state index in [-0.39, 0.29) is 0 Å². The van der Waals surface area contributed by atoms with Gasteiger partial charge in [-0.15, -0.1) is 0 Å². The average molecular weight is 210 g/mol. The quantitative estimate of drug-likeness (QED) is 0.726. The van der Waals surface area contributed by atoms with Crippen LogP contribution in [0.15, 0.2) is 0 Å². The zero-order valence-corrected chi connectivity index (χ0v) is 9.45. The van der Waals surface area contributed by atoms with E-state index in [4.69, 9.17) is 4.74 Å². The van der Waals surface area contributed by atoms with Gasteiger partial charge in [0, 0.05) is 31.6 Å². The van der Waals surface area contributed by atoms with Gasteiger partial charge in [-0.25, -0.2) is 0 Å². The Labute approximate surface area is 92.2 Å². The van der Waals surface area contributed by atoms with Gasteiger partial charge in [0.15, 0.2) is 0 Å². The maximum Gasteiger partial charge on any atom is 0.0593 e. The van der Waals surface area contributed by atoms with E-state index >= 15 is 0 Å². The lowest BCUT2D eigenvalue weighted by molar-refractivity contribution is 0.101. The topological polar surface area (TPSA) is 24.5 Å². The van der Waals surface area contributed by atoms with Crippen molar-refractivity contribution in [3.63, 3.8) is 0 Å². The lowest BCUT2D eigenvalue weighted by Gasteiger charge is -2.37. The fourth-order valence-corrected chi connectivity index (χ4v) is 3.00. The Bertz CT molecular complexity index is 218. The van der Waals surface area contributed by atoms with Gasteiger partial charge >= 0.3 is 0 Å². The highest BCUT2D eigenvalue weighted by molar-refractivity contribution is 4.89. The number of rotatable bonds is 2. The number of ether oxygens (including phenoxy) is 1. The lowest BCUT2D eigenvalue weighted by atomic mass is 9.92. The standard InChI is InChI=1S/C12H22N2O/c1-2-10(1)8-14-5-6-15-9-11-7-13-4-3-12(11)14/h10-13H,1-9H2. The van der Waals surface area contributed by atoms with Gasteiger partial charge in [-0.05, 0) is 31.7 Å². The zero-order chi connectivity index (χ0) is 10.1. The van der Waals surface area contributed by atoms with Crippen molar-refractivity contribution in [2.45, 2.75) is 25.3 Å². The molecule has 1 aliphatic carbocycles. The van der Waals surface area contributed by atoms with Crippen molar-refractivity contribution in [1.29, 1.82) is 0 Å². The molecular weight excluding hydrogens is 188 g/mol. The molecule has 2 heterocycles. The van der Waals surface area contributed by atoms with Crippen LogP contribution in [0.4, 0.5) is 0 Å². The Balaban J connectivity index is 1.66. The zero-order valence-electron chi connectivity index (χ0n) is 9.45. The molecule has 3 heteroatoms. The van der Waals surface area contributed by atoms with Crippen molar-refractivity contribution in [1.82, 2.24) is 10.2 Å². The number of hydrogen-bond donors (Lipinski definition) is 1. The summed E-state index contributed by atoms with van der Waals surface area (Å²) in [6, 6.07) is 0.800. The number of nitrogens with one attached hydrogen (secondary N) is 1. The van der Waals surface area contributed by atoms with Gasteiger partial charge in [-0.2, -0.15) is 0 Å². The fourth-order valence-electron chi connectivity index (χ4n) is 3.00. The second kappa shape index (κ2) is 4.40. The molecule has 1 saturated carbocycles. The Hall–Kier alpha value is -0.120. The summed E-state index contributed by atoms with van der Waals surface area (Å²) in [7, 11) is 0. The molecule has 3 rings (SSSR count). The molecule has 0 aromatic carbocycles. The first kappa shape index (κ1) is 10.1. The summed E-state index contributed by atoms with van der Waals surface area (Å²) in [5.74, 6) is 1.75. The van der Waals surface area contributed by atoms with E-state index in [2.05, 4.69) is 10.2 Å². The van der Waals surface area contributed by atoms with Crippen molar-refractivity contribution in [3.05, 3.63) is 0 Å². The molecule has 2 unspecified atom stereocenters. The second-order valence-corrected chi connectivity index (χ2v) is 5.33. The molecule has 3 nitrogen and oxygen atoms in total. The summed E-state index contributed by atoms with van der Waals surface area (Å²) in [5.41, 5.74) is 0. The van der Waals surface area contributed by atoms with Crippen molar-refractivity contribution in [2.24, 2.45) is 11.8 Å². The number of nitrogens with zero attached hydrogens (tertiary/aromatic N) is 1. The van der Waals surface area contributed by atoms with Gasteiger partial charge in [-0.1, -0.05) is 0 Å². The van der Waals surface area contributed by atoms with Crippen molar-refractivity contribution in [2.75, 3.05) is 39.4 Å². The van der Waals surface area contributed by atoms with Crippen molar-refractivity contribution in [3.8, 4) is 0 Å². The fraction of sp³-hybridized carbons (Fsp3) is 1.00. The summed E-state index contributed by atoms with van der Waals surface area (Å²) in [5, 5.41) is 3.49. The molecule has 0 aromatic heterocycles. The predicted molar refractivity (Wildman–Crippen MR) is 59.9 cm³/mol. The van der Waals surface area contributed by atoms with Crippen LogP contribution in [-0.4, -0.2) is 50.3 Å². The van der Waals surface area contributed by atoms with E-state index in [9.17, 15) is 0 Å². The molecule has 0 amide bonds. The van der Waals surface area contributed by atoms with Crippen LogP contribution in [-0.2, 0) is 4.74 Å². The third-order valence-electron chi connectivity index (χ3n) is 4.08. The second-order valence-electron chi connectivity index (χ2n) is 5.33. The van der Waals surface area contributed by atoms with Crippen molar-refractivity contribution < 1.29 is 4.74 Å². The van der Waals surface area contributed by atoms with Crippen LogP contribution >= 0.6 is 0 Å². The van der Waals surface area contributed by atoms with Crippen LogP contribution in [0, 0.1) is 11.8 Å². The summed E-state index contributed by atoms with van der Waals surface area (Å²) in [6.45, 7) is 6.77. The first-order valence-electron chi connectivity index (χ1n) is 6.46. The molecule has 86 valence electrons. The third kappa shape index (κ3) is 2.35. The van der Waals surface area contributed by atoms with Gasteiger partial charge in [-0.3, -0.25) is 4.90 Å². The Morgan fingerprint density at radius 3 is 3.07 bits per heavy atom. The first-order valence-corrected chi connectivity index (χ1v) is 6.46. The molecule has 2 aliphatic heterocycles. The molecule has 1 N–H and O–H groups in total.